The van der Waals surface area contributed by atoms with Gasteiger partial charge in [0.2, 0.25) is 0 Å². The van der Waals surface area contributed by atoms with Gasteiger partial charge in [-0.25, -0.2) is 0 Å². The maximum atomic E-state index is 12.8. The fourth-order valence-electron chi connectivity index (χ4n) is 10.1. The Labute approximate surface area is 246 Å². The SMILES string of the molecule is CC(=O)O[C@H]1C[C@H](OC(C)=O)[C@]2(C)[C@@H]3[C@@H](OC[C@@]13C)[C@@H](OC(C)=O)[C@@]1(C)C3=C(C)[C@@H](c4ccoc4)C[C@@H]3O[C@@H](O)C[C@@H]12. The van der Waals surface area contributed by atoms with Gasteiger partial charge in [-0.15, -0.1) is 0 Å². The van der Waals surface area contributed by atoms with Gasteiger partial charge >= 0.3 is 17.9 Å². The summed E-state index contributed by atoms with van der Waals surface area (Å²) in [5, 5.41) is 11.4. The van der Waals surface area contributed by atoms with Gasteiger partial charge in [-0.2, -0.15) is 0 Å². The molecule has 0 amide bonds. The quantitative estimate of drug-likeness (QED) is 0.313. The van der Waals surface area contributed by atoms with Crippen LogP contribution in [0.3, 0.4) is 0 Å². The first-order valence-electron chi connectivity index (χ1n) is 14.9. The molecule has 10 heteroatoms. The van der Waals surface area contributed by atoms with Crippen LogP contribution in [0.5, 0.6) is 0 Å². The molecule has 0 bridgehead atoms. The topological polar surface area (TPSA) is 131 Å². The lowest BCUT2D eigenvalue weighted by Crippen LogP contribution is -2.72. The van der Waals surface area contributed by atoms with Crippen LogP contribution in [-0.4, -0.2) is 66.4 Å². The normalized spacial score (nSPS) is 45.8. The number of ether oxygens (including phenoxy) is 5. The van der Waals surface area contributed by atoms with Crippen molar-refractivity contribution in [2.24, 2.45) is 28.1 Å². The molecule has 0 aromatic carbocycles. The molecule has 0 unspecified atom stereocenters. The summed E-state index contributed by atoms with van der Waals surface area (Å²) in [4.78, 5) is 37.6. The zero-order valence-corrected chi connectivity index (χ0v) is 25.4. The van der Waals surface area contributed by atoms with Crippen molar-refractivity contribution in [3.05, 3.63) is 35.3 Å². The predicted octanol–water partition coefficient (Wildman–Crippen LogP) is 4.05. The van der Waals surface area contributed by atoms with Gasteiger partial charge in [0.15, 0.2) is 6.29 Å². The van der Waals surface area contributed by atoms with E-state index in [2.05, 4.69) is 20.8 Å². The van der Waals surface area contributed by atoms with E-state index in [1.165, 1.54) is 20.8 Å². The molecule has 6 rings (SSSR count). The van der Waals surface area contributed by atoms with Crippen LogP contribution in [0.1, 0.15) is 79.2 Å². The number of aliphatic hydroxyl groups is 1. The third-order valence-electron chi connectivity index (χ3n) is 11.4. The van der Waals surface area contributed by atoms with Crippen molar-refractivity contribution in [3.63, 3.8) is 0 Å². The molecule has 4 fully saturated rings. The number of esters is 3. The molecule has 2 saturated carbocycles. The molecule has 0 spiro atoms. The van der Waals surface area contributed by atoms with Gasteiger partial charge in [-0.3, -0.25) is 14.4 Å². The van der Waals surface area contributed by atoms with Crippen molar-refractivity contribution >= 4 is 17.9 Å². The van der Waals surface area contributed by atoms with E-state index in [0.717, 1.165) is 16.7 Å². The molecule has 2 saturated heterocycles. The van der Waals surface area contributed by atoms with E-state index < -0.39 is 71.0 Å². The molecule has 2 aliphatic heterocycles. The van der Waals surface area contributed by atoms with E-state index >= 15 is 0 Å². The van der Waals surface area contributed by atoms with Gasteiger partial charge in [0, 0.05) is 61.7 Å². The van der Waals surface area contributed by atoms with Crippen molar-refractivity contribution in [1.29, 1.82) is 0 Å². The number of hydrogen-bond donors (Lipinski definition) is 1. The van der Waals surface area contributed by atoms with Crippen molar-refractivity contribution < 1.29 is 47.6 Å². The van der Waals surface area contributed by atoms with Crippen LogP contribution < -0.4 is 0 Å². The molecule has 10 nitrogen and oxygen atoms in total. The standard InChI is InChI=1S/C32H42O10/c1-15-20(19-8-9-37-13-19)10-21-26(15)32(7)22(11-25(36)42-21)31(6)24(40-17(3)34)12-23(39-16(2)33)30(5)14-38-27(28(30)31)29(32)41-18(4)35/h8-9,13,20-25,27-29,36H,10-12,14H2,1-7H3/t20-,21-,22+,23-,24-,25+,27+,28+,29+,30-,31+,32+/m0/s1. The minimum absolute atomic E-state index is 0.00577. The lowest BCUT2D eigenvalue weighted by atomic mass is 9.39. The highest BCUT2D eigenvalue weighted by Gasteiger charge is 2.77. The zero-order valence-electron chi connectivity index (χ0n) is 25.4. The fraction of sp³-hybridized carbons (Fsp3) is 0.719. The van der Waals surface area contributed by atoms with E-state index in [1.807, 2.05) is 13.0 Å². The number of allylic oxidation sites excluding steroid dienone is 1. The first kappa shape index (κ1) is 29.4. The summed E-state index contributed by atoms with van der Waals surface area (Å²) in [6.07, 6.45) is 0.459. The minimum Gasteiger partial charge on any atom is -0.472 e. The molecule has 3 heterocycles. The van der Waals surface area contributed by atoms with Crippen molar-refractivity contribution in [3.8, 4) is 0 Å². The Morgan fingerprint density at radius 3 is 2.24 bits per heavy atom. The monoisotopic (exact) mass is 586 g/mol. The number of carbonyl (C=O) groups is 3. The van der Waals surface area contributed by atoms with Crippen LogP contribution in [0.15, 0.2) is 34.2 Å². The Hall–Kier alpha value is -2.69. The predicted molar refractivity (Wildman–Crippen MR) is 147 cm³/mol. The number of hydrogen-bond acceptors (Lipinski definition) is 10. The van der Waals surface area contributed by atoms with Crippen LogP contribution >= 0.6 is 0 Å². The van der Waals surface area contributed by atoms with Crippen LogP contribution in [0.25, 0.3) is 0 Å². The Morgan fingerprint density at radius 1 is 0.952 bits per heavy atom. The van der Waals surface area contributed by atoms with E-state index in [1.54, 1.807) is 12.5 Å². The second kappa shape index (κ2) is 9.92. The number of fused-ring (bicyclic) bond motifs is 4. The third kappa shape index (κ3) is 4.04. The largest absolute Gasteiger partial charge is 0.472 e. The summed E-state index contributed by atoms with van der Waals surface area (Å²) in [5.41, 5.74) is 0.827. The second-order valence-electron chi connectivity index (χ2n) is 13.7. The first-order valence-corrected chi connectivity index (χ1v) is 14.9. The highest BCUT2D eigenvalue weighted by Crippen LogP contribution is 2.72. The molecule has 0 radical (unpaired) electrons. The molecule has 3 aliphatic carbocycles. The molecule has 1 aromatic rings. The van der Waals surface area contributed by atoms with Gasteiger partial charge in [-0.1, -0.05) is 26.3 Å². The molecule has 5 aliphatic rings. The fourth-order valence-corrected chi connectivity index (χ4v) is 10.1. The zero-order chi connectivity index (χ0) is 30.4. The Bertz CT molecular complexity index is 1300. The third-order valence-corrected chi connectivity index (χ3v) is 11.4. The molecular weight excluding hydrogens is 544 g/mol. The van der Waals surface area contributed by atoms with Gasteiger partial charge in [0.05, 0.1) is 31.3 Å². The Kier molecular flexibility index (Phi) is 6.94. The molecule has 1 aromatic heterocycles. The first-order chi connectivity index (χ1) is 19.7. The van der Waals surface area contributed by atoms with Gasteiger partial charge in [0.25, 0.3) is 0 Å². The average molecular weight is 587 g/mol. The summed E-state index contributed by atoms with van der Waals surface area (Å²) < 4.78 is 36.7. The summed E-state index contributed by atoms with van der Waals surface area (Å²) in [6.45, 7) is 12.8. The van der Waals surface area contributed by atoms with Crippen LogP contribution in [0, 0.1) is 28.1 Å². The number of rotatable bonds is 4. The smallest absolute Gasteiger partial charge is 0.303 e. The van der Waals surface area contributed by atoms with Crippen LogP contribution in [0.4, 0.5) is 0 Å². The summed E-state index contributed by atoms with van der Waals surface area (Å²) in [7, 11) is 0. The molecule has 230 valence electrons. The second-order valence-corrected chi connectivity index (χ2v) is 13.7. The minimum atomic E-state index is -1.10. The maximum Gasteiger partial charge on any atom is 0.303 e. The van der Waals surface area contributed by atoms with E-state index in [4.69, 9.17) is 28.1 Å². The van der Waals surface area contributed by atoms with Crippen molar-refractivity contribution in [2.75, 3.05) is 6.61 Å². The number of furan rings is 1. The Balaban J connectivity index is 1.59. The van der Waals surface area contributed by atoms with Gasteiger partial charge in [0.1, 0.15) is 18.3 Å². The van der Waals surface area contributed by atoms with Crippen molar-refractivity contribution in [2.45, 2.75) is 110 Å². The van der Waals surface area contributed by atoms with E-state index in [9.17, 15) is 19.5 Å². The van der Waals surface area contributed by atoms with Crippen LogP contribution in [-0.2, 0) is 38.1 Å². The van der Waals surface area contributed by atoms with Crippen molar-refractivity contribution in [1.82, 2.24) is 0 Å². The summed E-state index contributed by atoms with van der Waals surface area (Å²) in [6, 6.07) is 1.94. The van der Waals surface area contributed by atoms with E-state index in [-0.39, 0.29) is 30.8 Å². The highest BCUT2D eigenvalue weighted by molar-refractivity contribution is 5.68. The summed E-state index contributed by atoms with van der Waals surface area (Å²) in [5.74, 6) is -1.99. The number of carbonyl (C=O) groups excluding carboxylic acids is 3. The molecule has 12 atom stereocenters. The highest BCUT2D eigenvalue weighted by atomic mass is 16.6. The van der Waals surface area contributed by atoms with Gasteiger partial charge in [-0.05, 0) is 36.5 Å². The molecule has 42 heavy (non-hydrogen) atoms. The van der Waals surface area contributed by atoms with E-state index in [0.29, 0.717) is 12.8 Å². The lowest BCUT2D eigenvalue weighted by molar-refractivity contribution is -0.262. The average Bonchev–Trinajstić information content (AvgIpc) is 3.59. The molecular formula is C32H42O10. The molecule has 1 N–H and O–H groups in total. The maximum absolute atomic E-state index is 12.8. The van der Waals surface area contributed by atoms with Crippen LogP contribution in [0.2, 0.25) is 0 Å². The number of aliphatic hydroxyl groups excluding tert-OH is 1. The lowest BCUT2D eigenvalue weighted by Gasteiger charge is -2.66. The summed E-state index contributed by atoms with van der Waals surface area (Å²) >= 11 is 0. The Morgan fingerprint density at radius 2 is 1.62 bits per heavy atom. The van der Waals surface area contributed by atoms with Gasteiger partial charge < -0.3 is 33.2 Å².